The van der Waals surface area contributed by atoms with Gasteiger partial charge in [0, 0.05) is 0 Å². The second-order valence-corrected chi connectivity index (χ2v) is 5.52. The van der Waals surface area contributed by atoms with E-state index >= 15 is 0 Å². The summed E-state index contributed by atoms with van der Waals surface area (Å²) in [6.07, 6.45) is 1.40. The highest BCUT2D eigenvalue weighted by molar-refractivity contribution is 5.95. The van der Waals surface area contributed by atoms with E-state index in [0.717, 1.165) is 5.56 Å². The van der Waals surface area contributed by atoms with E-state index in [9.17, 15) is 9.59 Å². The highest BCUT2D eigenvalue weighted by atomic mass is 16.5. The van der Waals surface area contributed by atoms with Gasteiger partial charge in [-0.25, -0.2) is 0 Å². The zero-order valence-electron chi connectivity index (χ0n) is 14.7. The van der Waals surface area contributed by atoms with Gasteiger partial charge in [0.25, 0.3) is 5.91 Å². The topological polar surface area (TPSA) is 89.8 Å². The first kappa shape index (κ1) is 18.4. The number of ether oxygens (including phenoxy) is 2. The normalized spacial score (nSPS) is 12.8. The third kappa shape index (κ3) is 4.53. The highest BCUT2D eigenvalue weighted by Gasteiger charge is 2.20. The van der Waals surface area contributed by atoms with Crippen LogP contribution in [0.2, 0.25) is 0 Å². The molecule has 0 aliphatic heterocycles. The van der Waals surface area contributed by atoms with E-state index in [-0.39, 0.29) is 17.7 Å². The number of amides is 2. The Morgan fingerprint density at radius 2 is 1.76 bits per heavy atom. The predicted octanol–water partition coefficient (Wildman–Crippen LogP) is 2.29. The molecule has 1 aromatic carbocycles. The highest BCUT2D eigenvalue weighted by Crippen LogP contribution is 2.29. The van der Waals surface area contributed by atoms with Crippen LogP contribution in [0.3, 0.4) is 0 Å². The number of benzene rings is 1. The number of rotatable bonds is 7. The summed E-state index contributed by atoms with van der Waals surface area (Å²) in [6.45, 7) is 3.46. The molecule has 0 radical (unpaired) electrons. The van der Waals surface area contributed by atoms with Crippen molar-refractivity contribution in [3.05, 3.63) is 47.9 Å². The minimum absolute atomic E-state index is 0.160. The SMILES string of the molecule is COc1ccc(C(C)NC(=O)C(C)NC(=O)c2ccco2)cc1OC. The van der Waals surface area contributed by atoms with Gasteiger partial charge in [-0.3, -0.25) is 9.59 Å². The molecule has 2 N–H and O–H groups in total. The molecule has 134 valence electrons. The Morgan fingerprint density at radius 1 is 1.04 bits per heavy atom. The molecule has 7 nitrogen and oxygen atoms in total. The molecule has 0 fully saturated rings. The number of furan rings is 1. The molecule has 0 aliphatic carbocycles. The van der Waals surface area contributed by atoms with Crippen molar-refractivity contribution in [3.8, 4) is 11.5 Å². The molecular weight excluding hydrogens is 324 g/mol. The van der Waals surface area contributed by atoms with Gasteiger partial charge >= 0.3 is 0 Å². The molecule has 25 heavy (non-hydrogen) atoms. The minimum Gasteiger partial charge on any atom is -0.493 e. The number of hydrogen-bond acceptors (Lipinski definition) is 5. The molecule has 2 unspecified atom stereocenters. The first-order chi connectivity index (χ1) is 12.0. The molecule has 0 bridgehead atoms. The Labute approximate surface area is 146 Å². The Kier molecular flexibility index (Phi) is 6.05. The molecular formula is C18H22N2O5. The van der Waals surface area contributed by atoms with E-state index < -0.39 is 11.9 Å². The lowest BCUT2D eigenvalue weighted by molar-refractivity contribution is -0.123. The Bertz CT molecular complexity index is 727. The van der Waals surface area contributed by atoms with Crippen molar-refractivity contribution in [2.45, 2.75) is 25.9 Å². The zero-order valence-corrected chi connectivity index (χ0v) is 14.7. The van der Waals surface area contributed by atoms with Gasteiger partial charge in [0.05, 0.1) is 26.5 Å². The van der Waals surface area contributed by atoms with E-state index in [1.165, 1.54) is 12.3 Å². The van der Waals surface area contributed by atoms with Crippen LogP contribution in [0.1, 0.15) is 36.0 Å². The largest absolute Gasteiger partial charge is 0.493 e. The van der Waals surface area contributed by atoms with Gasteiger partial charge < -0.3 is 24.5 Å². The predicted molar refractivity (Wildman–Crippen MR) is 91.7 cm³/mol. The summed E-state index contributed by atoms with van der Waals surface area (Å²) in [4.78, 5) is 24.2. The van der Waals surface area contributed by atoms with Crippen LogP contribution in [-0.2, 0) is 4.79 Å². The van der Waals surface area contributed by atoms with Crippen molar-refractivity contribution in [1.29, 1.82) is 0 Å². The summed E-state index contributed by atoms with van der Waals surface area (Å²) in [5.74, 6) is 0.616. The van der Waals surface area contributed by atoms with Gasteiger partial charge in [0.15, 0.2) is 17.3 Å². The summed E-state index contributed by atoms with van der Waals surface area (Å²) in [6, 6.07) is 7.59. The lowest BCUT2D eigenvalue weighted by atomic mass is 10.1. The molecule has 2 rings (SSSR count). The molecule has 1 aromatic heterocycles. The van der Waals surface area contributed by atoms with Crippen molar-refractivity contribution in [2.24, 2.45) is 0 Å². The van der Waals surface area contributed by atoms with Gasteiger partial charge in [0.1, 0.15) is 6.04 Å². The number of carbonyl (C=O) groups excluding carboxylic acids is 2. The molecule has 1 heterocycles. The maximum Gasteiger partial charge on any atom is 0.287 e. The number of carbonyl (C=O) groups is 2. The molecule has 2 atom stereocenters. The second-order valence-electron chi connectivity index (χ2n) is 5.52. The molecule has 0 spiro atoms. The fourth-order valence-electron chi connectivity index (χ4n) is 2.28. The fraction of sp³-hybridized carbons (Fsp3) is 0.333. The molecule has 0 aliphatic rings. The average molecular weight is 346 g/mol. The first-order valence-electron chi connectivity index (χ1n) is 7.83. The van der Waals surface area contributed by atoms with Gasteiger partial charge in [-0.1, -0.05) is 6.07 Å². The fourth-order valence-corrected chi connectivity index (χ4v) is 2.28. The monoisotopic (exact) mass is 346 g/mol. The number of methoxy groups -OCH3 is 2. The van der Waals surface area contributed by atoms with E-state index in [2.05, 4.69) is 10.6 Å². The summed E-state index contributed by atoms with van der Waals surface area (Å²) < 4.78 is 15.5. The van der Waals surface area contributed by atoms with E-state index in [0.29, 0.717) is 11.5 Å². The van der Waals surface area contributed by atoms with Crippen LogP contribution in [0, 0.1) is 0 Å². The van der Waals surface area contributed by atoms with Crippen LogP contribution in [0.15, 0.2) is 41.0 Å². The van der Waals surface area contributed by atoms with Crippen LogP contribution in [-0.4, -0.2) is 32.1 Å². The van der Waals surface area contributed by atoms with E-state index in [1.54, 1.807) is 39.3 Å². The van der Waals surface area contributed by atoms with Crippen LogP contribution in [0.25, 0.3) is 0 Å². The summed E-state index contributed by atoms with van der Waals surface area (Å²) in [5, 5.41) is 5.45. The quantitative estimate of drug-likeness (QED) is 0.803. The molecule has 2 amide bonds. The third-order valence-corrected chi connectivity index (χ3v) is 3.75. The van der Waals surface area contributed by atoms with Gasteiger partial charge in [-0.05, 0) is 43.7 Å². The van der Waals surface area contributed by atoms with Crippen LogP contribution >= 0.6 is 0 Å². The van der Waals surface area contributed by atoms with Crippen molar-refractivity contribution >= 4 is 11.8 Å². The van der Waals surface area contributed by atoms with E-state index in [1.807, 2.05) is 13.0 Å². The summed E-state index contributed by atoms with van der Waals surface area (Å²) in [7, 11) is 3.11. The smallest absolute Gasteiger partial charge is 0.287 e. The maximum atomic E-state index is 12.3. The summed E-state index contributed by atoms with van der Waals surface area (Å²) >= 11 is 0. The third-order valence-electron chi connectivity index (χ3n) is 3.75. The van der Waals surface area contributed by atoms with Crippen LogP contribution < -0.4 is 20.1 Å². The standard InChI is InChI=1S/C18H22N2O5/c1-11(13-7-8-14(23-3)16(10-13)24-4)19-17(21)12(2)20-18(22)15-6-5-9-25-15/h5-12H,1-4H3,(H,19,21)(H,20,22). The number of hydrogen-bond donors (Lipinski definition) is 2. The van der Waals surface area contributed by atoms with E-state index in [4.69, 9.17) is 13.9 Å². The Balaban J connectivity index is 1.98. The lowest BCUT2D eigenvalue weighted by Gasteiger charge is -2.19. The van der Waals surface area contributed by atoms with Crippen molar-refractivity contribution in [1.82, 2.24) is 10.6 Å². The first-order valence-corrected chi connectivity index (χ1v) is 7.83. The second kappa shape index (κ2) is 8.23. The zero-order chi connectivity index (χ0) is 18.4. The Morgan fingerprint density at radius 3 is 2.36 bits per heavy atom. The van der Waals surface area contributed by atoms with Crippen molar-refractivity contribution in [2.75, 3.05) is 14.2 Å². The molecule has 2 aromatic rings. The Hall–Kier alpha value is -2.96. The van der Waals surface area contributed by atoms with Crippen LogP contribution in [0.5, 0.6) is 11.5 Å². The van der Waals surface area contributed by atoms with Gasteiger partial charge in [-0.2, -0.15) is 0 Å². The van der Waals surface area contributed by atoms with Gasteiger partial charge in [0.2, 0.25) is 5.91 Å². The lowest BCUT2D eigenvalue weighted by Crippen LogP contribution is -2.45. The van der Waals surface area contributed by atoms with Crippen LogP contribution in [0.4, 0.5) is 0 Å². The maximum absolute atomic E-state index is 12.3. The minimum atomic E-state index is -0.708. The molecule has 0 saturated heterocycles. The molecule has 0 saturated carbocycles. The number of nitrogens with one attached hydrogen (secondary N) is 2. The summed E-state index contributed by atoms with van der Waals surface area (Å²) in [5.41, 5.74) is 0.857. The average Bonchev–Trinajstić information content (AvgIpc) is 3.15. The van der Waals surface area contributed by atoms with Crippen molar-refractivity contribution < 1.29 is 23.5 Å². The van der Waals surface area contributed by atoms with Gasteiger partial charge in [-0.15, -0.1) is 0 Å². The van der Waals surface area contributed by atoms with Crippen molar-refractivity contribution in [3.63, 3.8) is 0 Å². The molecule has 7 heteroatoms.